The molecule has 16 heavy (non-hydrogen) atoms. The zero-order valence-electron chi connectivity index (χ0n) is 9.61. The predicted molar refractivity (Wildman–Crippen MR) is 63.0 cm³/mol. The van der Waals surface area contributed by atoms with Crippen molar-refractivity contribution in [3.05, 3.63) is 35.4 Å². The minimum Gasteiger partial charge on any atom is -0.365 e. The molecular formula is C15H18O. The Morgan fingerprint density at radius 3 is 2.62 bits per heavy atom. The van der Waals surface area contributed by atoms with Crippen molar-refractivity contribution in [3.63, 3.8) is 0 Å². The van der Waals surface area contributed by atoms with Crippen molar-refractivity contribution in [2.75, 3.05) is 0 Å². The van der Waals surface area contributed by atoms with Crippen LogP contribution in [0.2, 0.25) is 0 Å². The summed E-state index contributed by atoms with van der Waals surface area (Å²) in [6.45, 7) is 0.847. The topological polar surface area (TPSA) is 9.23 Å². The molecule has 1 heteroatoms. The SMILES string of the molecule is c1ccc2c(c1)COC21CC2CCC1CC2. The molecule has 1 aromatic rings. The van der Waals surface area contributed by atoms with E-state index in [0.717, 1.165) is 18.4 Å². The quantitative estimate of drug-likeness (QED) is 0.641. The van der Waals surface area contributed by atoms with Crippen LogP contribution in [0.25, 0.3) is 0 Å². The van der Waals surface area contributed by atoms with E-state index in [1.807, 2.05) is 0 Å². The Hall–Kier alpha value is -0.820. The van der Waals surface area contributed by atoms with Crippen LogP contribution in [0, 0.1) is 11.8 Å². The second kappa shape index (κ2) is 3.10. The van der Waals surface area contributed by atoms with Crippen molar-refractivity contribution >= 4 is 0 Å². The number of rotatable bonds is 0. The summed E-state index contributed by atoms with van der Waals surface area (Å²) >= 11 is 0. The van der Waals surface area contributed by atoms with Gasteiger partial charge in [-0.05, 0) is 55.1 Å². The third-order valence-electron chi connectivity index (χ3n) is 5.06. The Labute approximate surface area is 96.8 Å². The van der Waals surface area contributed by atoms with Crippen LogP contribution in [-0.4, -0.2) is 0 Å². The van der Waals surface area contributed by atoms with E-state index in [4.69, 9.17) is 4.74 Å². The fourth-order valence-corrected chi connectivity index (χ4v) is 4.28. The largest absolute Gasteiger partial charge is 0.365 e. The molecule has 0 aromatic heterocycles. The van der Waals surface area contributed by atoms with Gasteiger partial charge in [-0.2, -0.15) is 0 Å². The minimum absolute atomic E-state index is 0.123. The van der Waals surface area contributed by atoms with Gasteiger partial charge >= 0.3 is 0 Å². The van der Waals surface area contributed by atoms with E-state index in [0.29, 0.717) is 0 Å². The number of hydrogen-bond donors (Lipinski definition) is 0. The molecule has 5 rings (SSSR count). The van der Waals surface area contributed by atoms with Crippen LogP contribution in [0.4, 0.5) is 0 Å². The highest BCUT2D eigenvalue weighted by molar-refractivity contribution is 5.37. The molecule has 1 nitrogen and oxygen atoms in total. The van der Waals surface area contributed by atoms with Gasteiger partial charge in [0.1, 0.15) is 0 Å². The van der Waals surface area contributed by atoms with Crippen LogP contribution in [0.5, 0.6) is 0 Å². The summed E-state index contributed by atoms with van der Waals surface area (Å²) in [4.78, 5) is 0. The summed E-state index contributed by atoms with van der Waals surface area (Å²) in [6.07, 6.45) is 6.95. The van der Waals surface area contributed by atoms with E-state index in [1.165, 1.54) is 43.2 Å². The van der Waals surface area contributed by atoms with E-state index in [1.54, 1.807) is 0 Å². The lowest BCUT2D eigenvalue weighted by molar-refractivity contribution is -0.141. The maximum atomic E-state index is 6.29. The smallest absolute Gasteiger partial charge is 0.0970 e. The average Bonchev–Trinajstić information content (AvgIpc) is 2.71. The zero-order chi connectivity index (χ0) is 10.6. The first-order valence-corrected chi connectivity index (χ1v) is 6.61. The Balaban J connectivity index is 1.84. The van der Waals surface area contributed by atoms with Crippen LogP contribution < -0.4 is 0 Å². The monoisotopic (exact) mass is 214 g/mol. The molecule has 2 bridgehead atoms. The van der Waals surface area contributed by atoms with Crippen LogP contribution in [-0.2, 0) is 16.9 Å². The van der Waals surface area contributed by atoms with Gasteiger partial charge in [-0.3, -0.25) is 0 Å². The maximum absolute atomic E-state index is 6.29. The molecule has 1 unspecified atom stereocenters. The van der Waals surface area contributed by atoms with E-state index >= 15 is 0 Å². The van der Waals surface area contributed by atoms with E-state index in [-0.39, 0.29) is 5.60 Å². The molecule has 3 saturated carbocycles. The van der Waals surface area contributed by atoms with Crippen LogP contribution in [0.1, 0.15) is 43.2 Å². The van der Waals surface area contributed by atoms with Crippen molar-refractivity contribution in [2.45, 2.75) is 44.3 Å². The summed E-state index contributed by atoms with van der Waals surface area (Å²) in [5.41, 5.74) is 3.08. The van der Waals surface area contributed by atoms with Gasteiger partial charge in [-0.25, -0.2) is 0 Å². The summed E-state index contributed by atoms with van der Waals surface area (Å²) in [5, 5.41) is 0. The van der Waals surface area contributed by atoms with Crippen LogP contribution in [0.15, 0.2) is 24.3 Å². The van der Waals surface area contributed by atoms with Gasteiger partial charge in [0.15, 0.2) is 0 Å². The van der Waals surface area contributed by atoms with E-state index < -0.39 is 0 Å². The molecule has 4 aliphatic rings. The van der Waals surface area contributed by atoms with Gasteiger partial charge in [-0.1, -0.05) is 24.3 Å². The molecule has 0 amide bonds. The Morgan fingerprint density at radius 2 is 1.88 bits per heavy atom. The number of ether oxygens (including phenoxy) is 1. The van der Waals surface area contributed by atoms with Crippen molar-refractivity contribution in [1.82, 2.24) is 0 Å². The van der Waals surface area contributed by atoms with Gasteiger partial charge in [-0.15, -0.1) is 0 Å². The molecule has 1 aliphatic heterocycles. The number of fused-ring (bicyclic) bond motifs is 3. The Morgan fingerprint density at radius 1 is 1.06 bits per heavy atom. The van der Waals surface area contributed by atoms with Crippen LogP contribution in [0.3, 0.4) is 0 Å². The highest BCUT2D eigenvalue weighted by atomic mass is 16.5. The maximum Gasteiger partial charge on any atom is 0.0970 e. The molecule has 1 atom stereocenters. The molecule has 0 N–H and O–H groups in total. The molecule has 1 spiro atoms. The van der Waals surface area contributed by atoms with Gasteiger partial charge in [0.2, 0.25) is 0 Å². The average molecular weight is 214 g/mol. The second-order valence-corrected chi connectivity index (χ2v) is 5.76. The van der Waals surface area contributed by atoms with Gasteiger partial charge < -0.3 is 4.74 Å². The molecule has 0 radical (unpaired) electrons. The van der Waals surface area contributed by atoms with Crippen molar-refractivity contribution in [3.8, 4) is 0 Å². The van der Waals surface area contributed by atoms with Crippen molar-refractivity contribution in [1.29, 1.82) is 0 Å². The lowest BCUT2D eigenvalue weighted by atomic mass is 9.60. The molecule has 3 fully saturated rings. The Bertz CT molecular complexity index is 417. The van der Waals surface area contributed by atoms with Gasteiger partial charge in [0, 0.05) is 0 Å². The van der Waals surface area contributed by atoms with E-state index in [9.17, 15) is 0 Å². The predicted octanol–water partition coefficient (Wildman–Crippen LogP) is 3.62. The van der Waals surface area contributed by atoms with Crippen molar-refractivity contribution in [2.24, 2.45) is 11.8 Å². The fraction of sp³-hybridized carbons (Fsp3) is 0.600. The zero-order valence-corrected chi connectivity index (χ0v) is 9.61. The highest BCUT2D eigenvalue weighted by Crippen LogP contribution is 2.57. The summed E-state index contributed by atoms with van der Waals surface area (Å²) in [5.74, 6) is 1.72. The standard InChI is InChI=1S/C15H18O/c1-2-4-14-12(3-1)10-16-15(14)9-11-5-7-13(15)8-6-11/h1-4,11,13H,5-10H2. The summed E-state index contributed by atoms with van der Waals surface area (Å²) < 4.78 is 6.29. The molecular weight excluding hydrogens is 196 g/mol. The Kier molecular flexibility index (Phi) is 1.79. The van der Waals surface area contributed by atoms with Gasteiger partial charge in [0.25, 0.3) is 0 Å². The van der Waals surface area contributed by atoms with Crippen molar-refractivity contribution < 1.29 is 4.74 Å². The number of benzene rings is 1. The highest BCUT2D eigenvalue weighted by Gasteiger charge is 2.52. The third-order valence-corrected chi connectivity index (χ3v) is 5.06. The lowest BCUT2D eigenvalue weighted by Crippen LogP contribution is -2.44. The molecule has 0 saturated heterocycles. The normalized spacial score (nSPS) is 40.2. The molecule has 1 aromatic carbocycles. The van der Waals surface area contributed by atoms with Gasteiger partial charge in [0.05, 0.1) is 12.2 Å². The first kappa shape index (κ1) is 9.23. The first-order chi connectivity index (χ1) is 7.88. The van der Waals surface area contributed by atoms with Crippen LogP contribution >= 0.6 is 0 Å². The molecule has 3 aliphatic carbocycles. The third kappa shape index (κ3) is 1.05. The van der Waals surface area contributed by atoms with E-state index in [2.05, 4.69) is 24.3 Å². The first-order valence-electron chi connectivity index (χ1n) is 6.61. The lowest BCUT2D eigenvalue weighted by Gasteiger charge is -2.49. The minimum atomic E-state index is 0.123. The summed E-state index contributed by atoms with van der Waals surface area (Å²) in [6, 6.07) is 8.87. The fourth-order valence-electron chi connectivity index (χ4n) is 4.28. The second-order valence-electron chi connectivity index (χ2n) is 5.76. The summed E-state index contributed by atoms with van der Waals surface area (Å²) in [7, 11) is 0. The molecule has 84 valence electrons. The molecule has 1 heterocycles. The number of hydrogen-bond acceptors (Lipinski definition) is 1.